The number of benzene rings is 1. The quantitative estimate of drug-likeness (QED) is 0.670. The number of rotatable bonds is 8. The predicted octanol–water partition coefficient (Wildman–Crippen LogP) is 1.72. The summed E-state index contributed by atoms with van der Waals surface area (Å²) in [7, 11) is 0. The molecule has 1 aliphatic heterocycles. The van der Waals surface area contributed by atoms with Crippen molar-refractivity contribution in [3.05, 3.63) is 35.4 Å². The molecule has 0 radical (unpaired) electrons. The SMILES string of the molecule is CCOC(=O)CCN(CCN1CCOCC1)C(=O)c1ccccc1C. The second-order valence-electron chi connectivity index (χ2n) is 6.12. The van der Waals surface area contributed by atoms with Crippen LogP contribution in [0.5, 0.6) is 0 Å². The van der Waals surface area contributed by atoms with Gasteiger partial charge in [-0.2, -0.15) is 0 Å². The fourth-order valence-electron chi connectivity index (χ4n) is 2.84. The molecule has 1 aromatic rings. The first-order valence-corrected chi connectivity index (χ1v) is 8.92. The summed E-state index contributed by atoms with van der Waals surface area (Å²) in [5.41, 5.74) is 1.63. The Morgan fingerprint density at radius 1 is 1.20 bits per heavy atom. The smallest absolute Gasteiger partial charge is 0.307 e. The molecule has 0 aromatic heterocycles. The molecule has 0 bridgehead atoms. The molecule has 0 unspecified atom stereocenters. The number of hydrogen-bond donors (Lipinski definition) is 0. The molecule has 1 heterocycles. The van der Waals surface area contributed by atoms with Crippen LogP contribution >= 0.6 is 0 Å². The molecule has 0 spiro atoms. The number of nitrogens with zero attached hydrogens (tertiary/aromatic N) is 2. The first-order valence-electron chi connectivity index (χ1n) is 8.92. The van der Waals surface area contributed by atoms with Crippen LogP contribution in [-0.2, 0) is 14.3 Å². The van der Waals surface area contributed by atoms with Gasteiger partial charge in [0, 0.05) is 38.3 Å². The molecule has 1 aromatic carbocycles. The van der Waals surface area contributed by atoms with Gasteiger partial charge in [0.1, 0.15) is 0 Å². The third kappa shape index (κ3) is 6.14. The van der Waals surface area contributed by atoms with Crippen molar-refractivity contribution in [3.63, 3.8) is 0 Å². The molecule has 6 heteroatoms. The maximum Gasteiger partial charge on any atom is 0.307 e. The Kier molecular flexibility index (Phi) is 7.88. The maximum atomic E-state index is 12.9. The lowest BCUT2D eigenvalue weighted by molar-refractivity contribution is -0.143. The standard InChI is InChI=1S/C19H28N2O4/c1-3-25-18(22)8-9-21(11-10-20-12-14-24-15-13-20)19(23)17-7-5-4-6-16(17)2/h4-7H,3,8-15H2,1-2H3. The van der Waals surface area contributed by atoms with Crippen LogP contribution in [0, 0.1) is 6.92 Å². The van der Waals surface area contributed by atoms with Gasteiger partial charge < -0.3 is 14.4 Å². The molecule has 2 rings (SSSR count). The number of carbonyl (C=O) groups is 2. The highest BCUT2D eigenvalue weighted by molar-refractivity contribution is 5.95. The zero-order valence-electron chi connectivity index (χ0n) is 15.2. The van der Waals surface area contributed by atoms with E-state index in [0.717, 1.165) is 38.4 Å². The molecule has 1 amide bonds. The topological polar surface area (TPSA) is 59.1 Å². The highest BCUT2D eigenvalue weighted by atomic mass is 16.5. The lowest BCUT2D eigenvalue weighted by Crippen LogP contribution is -2.43. The van der Waals surface area contributed by atoms with E-state index in [4.69, 9.17) is 9.47 Å². The fourth-order valence-corrected chi connectivity index (χ4v) is 2.84. The van der Waals surface area contributed by atoms with Crippen molar-refractivity contribution < 1.29 is 19.1 Å². The summed E-state index contributed by atoms with van der Waals surface area (Å²) < 4.78 is 10.4. The van der Waals surface area contributed by atoms with Gasteiger partial charge in [-0.1, -0.05) is 18.2 Å². The van der Waals surface area contributed by atoms with Gasteiger partial charge in [-0.3, -0.25) is 14.5 Å². The van der Waals surface area contributed by atoms with Crippen molar-refractivity contribution in [3.8, 4) is 0 Å². The number of amides is 1. The molecular formula is C19H28N2O4. The van der Waals surface area contributed by atoms with Gasteiger partial charge in [0.2, 0.25) is 0 Å². The van der Waals surface area contributed by atoms with Crippen LogP contribution in [0.25, 0.3) is 0 Å². The van der Waals surface area contributed by atoms with Crippen LogP contribution in [0.3, 0.4) is 0 Å². The van der Waals surface area contributed by atoms with Gasteiger partial charge in [0.25, 0.3) is 5.91 Å². The van der Waals surface area contributed by atoms with Crippen LogP contribution in [0.4, 0.5) is 0 Å². The van der Waals surface area contributed by atoms with Gasteiger partial charge in [0.05, 0.1) is 26.2 Å². The Morgan fingerprint density at radius 2 is 1.92 bits per heavy atom. The minimum atomic E-state index is -0.267. The molecule has 0 atom stereocenters. The zero-order chi connectivity index (χ0) is 18.1. The first kappa shape index (κ1) is 19.4. The third-order valence-corrected chi connectivity index (χ3v) is 4.34. The molecule has 138 valence electrons. The van der Waals surface area contributed by atoms with Crippen LogP contribution in [-0.4, -0.2) is 74.2 Å². The van der Waals surface area contributed by atoms with Gasteiger partial charge in [0.15, 0.2) is 0 Å². The van der Waals surface area contributed by atoms with Crippen molar-refractivity contribution in [1.29, 1.82) is 0 Å². The Bertz CT molecular complexity index is 570. The fraction of sp³-hybridized carbons (Fsp3) is 0.579. The average molecular weight is 348 g/mol. The second-order valence-corrected chi connectivity index (χ2v) is 6.12. The molecule has 1 fully saturated rings. The first-order chi connectivity index (χ1) is 12.1. The number of ether oxygens (including phenoxy) is 2. The van der Waals surface area contributed by atoms with E-state index in [1.54, 1.807) is 11.8 Å². The third-order valence-electron chi connectivity index (χ3n) is 4.34. The average Bonchev–Trinajstić information content (AvgIpc) is 2.63. The molecular weight excluding hydrogens is 320 g/mol. The van der Waals surface area contributed by atoms with E-state index in [0.29, 0.717) is 25.3 Å². The van der Waals surface area contributed by atoms with Crippen LogP contribution in [0.15, 0.2) is 24.3 Å². The van der Waals surface area contributed by atoms with E-state index in [-0.39, 0.29) is 18.3 Å². The van der Waals surface area contributed by atoms with E-state index in [9.17, 15) is 9.59 Å². The summed E-state index contributed by atoms with van der Waals surface area (Å²) in [5, 5.41) is 0. The number of morpholine rings is 1. The van der Waals surface area contributed by atoms with Crippen LogP contribution in [0.1, 0.15) is 29.3 Å². The summed E-state index contributed by atoms with van der Waals surface area (Å²) in [5.74, 6) is -0.299. The molecule has 25 heavy (non-hydrogen) atoms. The second kappa shape index (κ2) is 10.2. The highest BCUT2D eigenvalue weighted by Gasteiger charge is 2.20. The Hall–Kier alpha value is -1.92. The molecule has 0 saturated carbocycles. The van der Waals surface area contributed by atoms with E-state index in [1.807, 2.05) is 31.2 Å². The van der Waals surface area contributed by atoms with Gasteiger partial charge in [-0.25, -0.2) is 0 Å². The molecule has 1 aliphatic rings. The summed E-state index contributed by atoms with van der Waals surface area (Å²) >= 11 is 0. The molecule has 1 saturated heterocycles. The van der Waals surface area contributed by atoms with E-state index in [2.05, 4.69) is 4.90 Å². The van der Waals surface area contributed by atoms with Crippen molar-refractivity contribution in [2.24, 2.45) is 0 Å². The Morgan fingerprint density at radius 3 is 2.60 bits per heavy atom. The summed E-state index contributed by atoms with van der Waals surface area (Å²) in [6.45, 7) is 9.04. The Labute approximate surface area is 149 Å². The monoisotopic (exact) mass is 348 g/mol. The van der Waals surface area contributed by atoms with Crippen molar-refractivity contribution >= 4 is 11.9 Å². The number of hydrogen-bond acceptors (Lipinski definition) is 5. The molecule has 0 N–H and O–H groups in total. The van der Waals surface area contributed by atoms with Gasteiger partial charge in [-0.15, -0.1) is 0 Å². The van der Waals surface area contributed by atoms with Crippen molar-refractivity contribution in [2.75, 3.05) is 52.5 Å². The van der Waals surface area contributed by atoms with E-state index in [1.165, 1.54) is 0 Å². The van der Waals surface area contributed by atoms with Crippen molar-refractivity contribution in [2.45, 2.75) is 20.3 Å². The largest absolute Gasteiger partial charge is 0.466 e. The number of aryl methyl sites for hydroxylation is 1. The Balaban J connectivity index is 2.00. The normalized spacial score (nSPS) is 15.0. The maximum absolute atomic E-state index is 12.9. The molecule has 6 nitrogen and oxygen atoms in total. The van der Waals surface area contributed by atoms with E-state index >= 15 is 0 Å². The minimum absolute atomic E-state index is 0.0318. The predicted molar refractivity (Wildman–Crippen MR) is 95.6 cm³/mol. The summed E-state index contributed by atoms with van der Waals surface area (Å²) in [4.78, 5) is 28.7. The van der Waals surface area contributed by atoms with Gasteiger partial charge in [-0.05, 0) is 25.5 Å². The van der Waals surface area contributed by atoms with Crippen molar-refractivity contribution in [1.82, 2.24) is 9.80 Å². The van der Waals surface area contributed by atoms with Crippen LogP contribution < -0.4 is 0 Å². The number of esters is 1. The minimum Gasteiger partial charge on any atom is -0.466 e. The lowest BCUT2D eigenvalue weighted by Gasteiger charge is -2.30. The zero-order valence-corrected chi connectivity index (χ0v) is 15.2. The summed E-state index contributed by atoms with van der Waals surface area (Å²) in [6, 6.07) is 7.55. The summed E-state index contributed by atoms with van der Waals surface area (Å²) in [6.07, 6.45) is 0.217. The van der Waals surface area contributed by atoms with Gasteiger partial charge >= 0.3 is 5.97 Å². The highest BCUT2D eigenvalue weighted by Crippen LogP contribution is 2.12. The van der Waals surface area contributed by atoms with E-state index < -0.39 is 0 Å². The lowest BCUT2D eigenvalue weighted by atomic mass is 10.1. The number of carbonyl (C=O) groups excluding carboxylic acids is 2. The van der Waals surface area contributed by atoms with Crippen LogP contribution in [0.2, 0.25) is 0 Å². The molecule has 0 aliphatic carbocycles.